The average Bonchev–Trinajstić information content (AvgIpc) is 3.33. The fourth-order valence-electron chi connectivity index (χ4n) is 3.43. The van der Waals surface area contributed by atoms with E-state index in [1.54, 1.807) is 0 Å². The van der Waals surface area contributed by atoms with E-state index < -0.39 is 0 Å². The van der Waals surface area contributed by atoms with Gasteiger partial charge in [0.1, 0.15) is 12.4 Å². The highest BCUT2D eigenvalue weighted by Gasteiger charge is 2.17. The average molecular weight is 424 g/mol. The molecule has 0 aliphatic carbocycles. The number of likely N-dealkylation sites (N-methyl/N-ethyl adjacent to an activating group) is 1. The molecule has 0 saturated carbocycles. The predicted octanol–water partition coefficient (Wildman–Crippen LogP) is 3.79. The van der Waals surface area contributed by atoms with E-state index in [2.05, 4.69) is 22.5 Å². The van der Waals surface area contributed by atoms with Crippen LogP contribution in [0.4, 0.5) is 10.5 Å². The number of nitrogens with one attached hydrogen (secondary N) is 2. The summed E-state index contributed by atoms with van der Waals surface area (Å²) in [5.41, 5.74) is 1.85. The molecule has 1 fully saturated rings. The number of amides is 2. The van der Waals surface area contributed by atoms with Crippen molar-refractivity contribution < 1.29 is 9.53 Å². The molecule has 2 amide bonds. The van der Waals surface area contributed by atoms with Crippen LogP contribution in [0, 0.1) is 0 Å². The normalized spacial score (nSPS) is 13.7. The molecular weight excluding hydrogens is 390 g/mol. The molecule has 0 unspecified atom stereocenters. The minimum Gasteiger partial charge on any atom is -0.492 e. The van der Waals surface area contributed by atoms with Gasteiger partial charge in [-0.2, -0.15) is 0 Å². The van der Waals surface area contributed by atoms with Gasteiger partial charge in [0.05, 0.1) is 13.1 Å². The van der Waals surface area contributed by atoms with Crippen molar-refractivity contribution in [2.45, 2.75) is 26.3 Å². The molecule has 2 aromatic rings. The lowest BCUT2D eigenvalue weighted by Gasteiger charge is -2.22. The third kappa shape index (κ3) is 7.20. The van der Waals surface area contributed by atoms with E-state index in [4.69, 9.17) is 9.73 Å². The molecule has 1 aliphatic rings. The Morgan fingerprint density at radius 3 is 2.65 bits per heavy atom. The third-order valence-corrected chi connectivity index (χ3v) is 5.12. The second-order valence-electron chi connectivity index (χ2n) is 7.58. The Kier molecular flexibility index (Phi) is 8.58. The van der Waals surface area contributed by atoms with E-state index in [1.165, 1.54) is 0 Å². The van der Waals surface area contributed by atoms with Crippen LogP contribution in [0.2, 0.25) is 0 Å². The molecule has 31 heavy (non-hydrogen) atoms. The molecular formula is C24H33N5O2. The first-order chi connectivity index (χ1) is 15.2. The van der Waals surface area contributed by atoms with Crippen LogP contribution < -0.4 is 15.4 Å². The number of hydrogen-bond donors (Lipinski definition) is 2. The Morgan fingerprint density at radius 2 is 1.90 bits per heavy atom. The van der Waals surface area contributed by atoms with Gasteiger partial charge in [-0.1, -0.05) is 30.3 Å². The van der Waals surface area contributed by atoms with Crippen molar-refractivity contribution in [2.75, 3.05) is 45.2 Å². The number of likely N-dealkylation sites (tertiary alicyclic amines) is 1. The van der Waals surface area contributed by atoms with Crippen LogP contribution in [0.5, 0.6) is 5.75 Å². The van der Waals surface area contributed by atoms with Crippen molar-refractivity contribution >= 4 is 17.7 Å². The van der Waals surface area contributed by atoms with E-state index in [0.29, 0.717) is 19.7 Å². The molecule has 7 nitrogen and oxygen atoms in total. The monoisotopic (exact) mass is 423 g/mol. The molecule has 1 aliphatic heterocycles. The zero-order chi connectivity index (χ0) is 21.9. The van der Waals surface area contributed by atoms with Crippen LogP contribution >= 0.6 is 0 Å². The lowest BCUT2D eigenvalue weighted by molar-refractivity contribution is 0.222. The highest BCUT2D eigenvalue weighted by molar-refractivity contribution is 5.89. The number of ether oxygens (including phenoxy) is 1. The van der Waals surface area contributed by atoms with Crippen molar-refractivity contribution in [3.63, 3.8) is 0 Å². The van der Waals surface area contributed by atoms with Gasteiger partial charge in [-0.15, -0.1) is 0 Å². The van der Waals surface area contributed by atoms with Gasteiger partial charge in [-0.3, -0.25) is 0 Å². The molecule has 0 aromatic heterocycles. The molecule has 166 valence electrons. The minimum absolute atomic E-state index is 0.0235. The fraction of sp³-hybridized carbons (Fsp3) is 0.417. The van der Waals surface area contributed by atoms with Crippen LogP contribution in [-0.2, 0) is 6.54 Å². The summed E-state index contributed by atoms with van der Waals surface area (Å²) in [6, 6.07) is 17.7. The topological polar surface area (TPSA) is 69.2 Å². The molecule has 1 saturated heterocycles. The van der Waals surface area contributed by atoms with Crippen molar-refractivity contribution in [2.24, 2.45) is 4.99 Å². The number of urea groups is 1. The zero-order valence-corrected chi connectivity index (χ0v) is 18.5. The predicted molar refractivity (Wildman–Crippen MR) is 126 cm³/mol. The van der Waals surface area contributed by atoms with E-state index >= 15 is 0 Å². The minimum atomic E-state index is -0.0235. The molecule has 0 spiro atoms. The van der Waals surface area contributed by atoms with Gasteiger partial charge in [0.2, 0.25) is 0 Å². The second kappa shape index (κ2) is 11.8. The first kappa shape index (κ1) is 22.5. The maximum atomic E-state index is 12.3. The second-order valence-corrected chi connectivity index (χ2v) is 7.58. The highest BCUT2D eigenvalue weighted by atomic mass is 16.5. The van der Waals surface area contributed by atoms with E-state index in [0.717, 1.165) is 55.4 Å². The van der Waals surface area contributed by atoms with E-state index in [1.807, 2.05) is 66.5 Å². The van der Waals surface area contributed by atoms with E-state index in [-0.39, 0.29) is 6.03 Å². The van der Waals surface area contributed by atoms with Crippen molar-refractivity contribution in [3.8, 4) is 5.75 Å². The zero-order valence-electron chi connectivity index (χ0n) is 18.5. The van der Waals surface area contributed by atoms with Gasteiger partial charge < -0.3 is 25.2 Å². The van der Waals surface area contributed by atoms with Gasteiger partial charge in [0, 0.05) is 32.4 Å². The molecule has 7 heteroatoms. The highest BCUT2D eigenvalue weighted by Crippen LogP contribution is 2.15. The van der Waals surface area contributed by atoms with Crippen molar-refractivity contribution in [1.29, 1.82) is 0 Å². The number of nitrogens with zero attached hydrogens (tertiary/aromatic N) is 3. The van der Waals surface area contributed by atoms with Crippen molar-refractivity contribution in [1.82, 2.24) is 15.1 Å². The Balaban J connectivity index is 1.54. The Bertz CT molecular complexity index is 850. The number of aliphatic imine (C=N–C) groups is 1. The summed E-state index contributed by atoms with van der Waals surface area (Å²) in [7, 11) is 2.00. The van der Waals surface area contributed by atoms with Gasteiger partial charge in [-0.25, -0.2) is 9.79 Å². The number of hydrogen-bond acceptors (Lipinski definition) is 3. The number of carbonyl (C=O) groups excluding carboxylic acids is 1. The molecule has 3 rings (SSSR count). The number of anilines is 1. The van der Waals surface area contributed by atoms with Gasteiger partial charge in [-0.05, 0) is 49.6 Å². The smallest absolute Gasteiger partial charge is 0.321 e. The van der Waals surface area contributed by atoms with Gasteiger partial charge in [0.25, 0.3) is 0 Å². The van der Waals surface area contributed by atoms with Crippen LogP contribution in [0.3, 0.4) is 0 Å². The summed E-state index contributed by atoms with van der Waals surface area (Å²) in [5.74, 6) is 1.69. The quantitative estimate of drug-likeness (QED) is 0.501. The van der Waals surface area contributed by atoms with Gasteiger partial charge in [0.15, 0.2) is 5.96 Å². The molecule has 2 aromatic carbocycles. The summed E-state index contributed by atoms with van der Waals surface area (Å²) >= 11 is 0. The number of para-hydroxylation sites is 1. The largest absolute Gasteiger partial charge is 0.492 e. The number of carbonyl (C=O) groups is 1. The van der Waals surface area contributed by atoms with E-state index in [9.17, 15) is 4.79 Å². The summed E-state index contributed by atoms with van der Waals surface area (Å²) in [5, 5.41) is 6.33. The first-order valence-electron chi connectivity index (χ1n) is 11.0. The fourth-order valence-corrected chi connectivity index (χ4v) is 3.43. The number of benzene rings is 2. The summed E-state index contributed by atoms with van der Waals surface area (Å²) in [6.07, 6.45) is 2.17. The summed E-state index contributed by atoms with van der Waals surface area (Å²) in [4.78, 5) is 21.0. The van der Waals surface area contributed by atoms with Gasteiger partial charge >= 0.3 is 6.03 Å². The number of rotatable bonds is 8. The Labute approximate surface area is 185 Å². The van der Waals surface area contributed by atoms with Crippen molar-refractivity contribution in [3.05, 3.63) is 60.2 Å². The molecule has 0 bridgehead atoms. The standard InChI is InChI=1S/C24H33N5O2/c1-3-25-23(28(2)16-17-31-22-12-5-4-6-13-22)26-19-20-10-9-11-21(18-20)27-24(30)29-14-7-8-15-29/h4-6,9-13,18H,3,7-8,14-17,19H2,1-2H3,(H,25,26)(H,27,30). The Hall–Kier alpha value is -3.22. The maximum absolute atomic E-state index is 12.3. The Morgan fingerprint density at radius 1 is 1.13 bits per heavy atom. The van der Waals surface area contributed by atoms with Crippen LogP contribution in [0.1, 0.15) is 25.3 Å². The lowest BCUT2D eigenvalue weighted by atomic mass is 10.2. The number of guanidine groups is 1. The molecule has 1 heterocycles. The SMILES string of the molecule is CCNC(=NCc1cccc(NC(=O)N2CCCC2)c1)N(C)CCOc1ccccc1. The lowest BCUT2D eigenvalue weighted by Crippen LogP contribution is -2.40. The van der Waals surface area contributed by atoms with Crippen LogP contribution in [-0.4, -0.2) is 61.6 Å². The third-order valence-electron chi connectivity index (χ3n) is 5.12. The molecule has 0 atom stereocenters. The summed E-state index contributed by atoms with van der Waals surface area (Å²) < 4.78 is 5.79. The maximum Gasteiger partial charge on any atom is 0.321 e. The molecule has 2 N–H and O–H groups in total. The molecule has 0 radical (unpaired) electrons. The summed E-state index contributed by atoms with van der Waals surface area (Å²) in [6.45, 7) is 6.33. The van der Waals surface area contributed by atoms with Crippen LogP contribution in [0.15, 0.2) is 59.6 Å². The first-order valence-corrected chi connectivity index (χ1v) is 11.0. The van der Waals surface area contributed by atoms with Crippen LogP contribution in [0.25, 0.3) is 0 Å².